The summed E-state index contributed by atoms with van der Waals surface area (Å²) >= 11 is 0. The van der Waals surface area contributed by atoms with E-state index in [1.54, 1.807) is 48.1 Å². The van der Waals surface area contributed by atoms with Gasteiger partial charge >= 0.3 is 12.1 Å². The zero-order chi connectivity index (χ0) is 14.8. The average Bonchev–Trinajstić information content (AvgIpc) is 2.81. The third kappa shape index (κ3) is 2.98. The number of carbonyl (C=O) groups excluding carboxylic acids is 1. The van der Waals surface area contributed by atoms with Gasteiger partial charge in [0.15, 0.2) is 0 Å². The van der Waals surface area contributed by atoms with Crippen LogP contribution in [0.5, 0.6) is 0 Å². The van der Waals surface area contributed by atoms with Gasteiger partial charge in [-0.15, -0.1) is 0 Å². The second kappa shape index (κ2) is 5.36. The molecule has 0 bridgehead atoms. The Morgan fingerprint density at radius 1 is 1.30 bits per heavy atom. The van der Waals surface area contributed by atoms with E-state index in [0.29, 0.717) is 11.4 Å². The molecule has 0 fully saturated rings. The fourth-order valence-corrected chi connectivity index (χ4v) is 1.81. The number of benzene rings is 1. The fourth-order valence-electron chi connectivity index (χ4n) is 1.81. The number of nitrogens with zero attached hydrogens (tertiary/aromatic N) is 2. The smallest absolute Gasteiger partial charge is 0.336 e. The van der Waals surface area contributed by atoms with Crippen LogP contribution in [-0.2, 0) is 11.8 Å². The van der Waals surface area contributed by atoms with Crippen molar-refractivity contribution in [3.05, 3.63) is 54.1 Å². The minimum Gasteiger partial charge on any atom is -0.336 e. The maximum atomic E-state index is 12.4. The fraction of sp³-hybridized carbons (Fsp3) is 0.231. The molecule has 0 aliphatic carbocycles. The molecule has 1 heterocycles. The van der Waals surface area contributed by atoms with Gasteiger partial charge < -0.3 is 9.88 Å². The van der Waals surface area contributed by atoms with Gasteiger partial charge in [-0.1, -0.05) is 30.3 Å². The van der Waals surface area contributed by atoms with Gasteiger partial charge in [0.2, 0.25) is 0 Å². The van der Waals surface area contributed by atoms with E-state index in [2.05, 4.69) is 4.98 Å². The molecule has 4 nitrogen and oxygen atoms in total. The van der Waals surface area contributed by atoms with Crippen molar-refractivity contribution in [2.45, 2.75) is 12.2 Å². The van der Waals surface area contributed by atoms with Crippen LogP contribution in [0.1, 0.15) is 17.4 Å². The van der Waals surface area contributed by atoms with Crippen molar-refractivity contribution < 1.29 is 18.0 Å². The Balaban J connectivity index is 2.36. The van der Waals surface area contributed by atoms with E-state index in [4.69, 9.17) is 0 Å². The minimum absolute atomic E-state index is 0.328. The maximum absolute atomic E-state index is 12.4. The van der Waals surface area contributed by atoms with Crippen LogP contribution < -0.4 is 5.32 Å². The molecule has 1 unspecified atom stereocenters. The van der Waals surface area contributed by atoms with Crippen molar-refractivity contribution in [1.29, 1.82) is 0 Å². The highest BCUT2D eigenvalue weighted by Crippen LogP contribution is 2.23. The summed E-state index contributed by atoms with van der Waals surface area (Å²) < 4.78 is 38.8. The molecule has 7 heteroatoms. The molecule has 1 aromatic carbocycles. The van der Waals surface area contributed by atoms with Crippen molar-refractivity contribution in [3.8, 4) is 0 Å². The highest BCUT2D eigenvalue weighted by Gasteiger charge is 2.40. The van der Waals surface area contributed by atoms with Crippen LogP contribution in [-0.4, -0.2) is 21.6 Å². The van der Waals surface area contributed by atoms with Crippen LogP contribution in [0.4, 0.5) is 13.2 Å². The lowest BCUT2D eigenvalue weighted by Gasteiger charge is -2.19. The lowest BCUT2D eigenvalue weighted by Crippen LogP contribution is -2.40. The van der Waals surface area contributed by atoms with Gasteiger partial charge in [0.1, 0.15) is 11.9 Å². The Bertz CT molecular complexity index is 592. The number of alkyl halides is 3. The molecule has 0 spiro atoms. The average molecular weight is 283 g/mol. The second-order valence-corrected chi connectivity index (χ2v) is 4.21. The van der Waals surface area contributed by atoms with E-state index in [9.17, 15) is 18.0 Å². The first kappa shape index (κ1) is 14.1. The molecule has 1 aromatic heterocycles. The Morgan fingerprint density at radius 3 is 2.45 bits per heavy atom. The SMILES string of the molecule is Cn1ccnc1C(NC(=O)C(F)(F)F)c1ccccc1. The molecule has 2 rings (SSSR count). The number of carbonyl (C=O) groups is 1. The van der Waals surface area contributed by atoms with Crippen LogP contribution in [0.25, 0.3) is 0 Å². The molecule has 0 radical (unpaired) electrons. The summed E-state index contributed by atoms with van der Waals surface area (Å²) in [7, 11) is 1.65. The number of aryl methyl sites for hydroxylation is 1. The summed E-state index contributed by atoms with van der Waals surface area (Å²) in [5.74, 6) is -1.66. The van der Waals surface area contributed by atoms with Gasteiger partial charge in [-0.25, -0.2) is 4.98 Å². The van der Waals surface area contributed by atoms with E-state index >= 15 is 0 Å². The zero-order valence-electron chi connectivity index (χ0n) is 10.6. The molecule has 0 saturated carbocycles. The molecular weight excluding hydrogens is 271 g/mol. The van der Waals surface area contributed by atoms with Gasteiger partial charge in [0.05, 0.1) is 0 Å². The molecule has 1 N–H and O–H groups in total. The Kier molecular flexibility index (Phi) is 3.78. The number of aromatic nitrogens is 2. The summed E-state index contributed by atoms with van der Waals surface area (Å²) in [6.45, 7) is 0. The van der Waals surface area contributed by atoms with Gasteiger partial charge in [-0.05, 0) is 5.56 Å². The minimum atomic E-state index is -4.93. The first-order valence-corrected chi connectivity index (χ1v) is 5.79. The summed E-state index contributed by atoms with van der Waals surface area (Å²) in [5, 5.41) is 1.97. The number of rotatable bonds is 3. The number of hydrogen-bond acceptors (Lipinski definition) is 2. The molecular formula is C13H12F3N3O. The van der Waals surface area contributed by atoms with Crippen LogP contribution in [0.3, 0.4) is 0 Å². The Labute approximate surface area is 113 Å². The van der Waals surface area contributed by atoms with E-state index in [1.165, 1.54) is 6.20 Å². The number of imidazole rings is 1. The topological polar surface area (TPSA) is 46.9 Å². The monoisotopic (exact) mass is 283 g/mol. The van der Waals surface area contributed by atoms with Crippen molar-refractivity contribution >= 4 is 5.91 Å². The standard InChI is InChI=1S/C13H12F3N3O/c1-19-8-7-17-11(19)10(9-5-3-2-4-6-9)18-12(20)13(14,15)16/h2-8,10H,1H3,(H,18,20). The molecule has 0 aliphatic rings. The van der Waals surface area contributed by atoms with Crippen molar-refractivity contribution in [3.63, 3.8) is 0 Å². The number of nitrogens with one attached hydrogen (secondary N) is 1. The number of amides is 1. The lowest BCUT2D eigenvalue weighted by atomic mass is 10.1. The van der Waals surface area contributed by atoms with Crippen molar-refractivity contribution in [2.75, 3.05) is 0 Å². The summed E-state index contributed by atoms with van der Waals surface area (Å²) in [4.78, 5) is 15.2. The highest BCUT2D eigenvalue weighted by molar-refractivity contribution is 5.82. The van der Waals surface area contributed by atoms with Crippen LogP contribution in [0, 0.1) is 0 Å². The third-order valence-electron chi connectivity index (χ3n) is 2.78. The van der Waals surface area contributed by atoms with Crippen LogP contribution >= 0.6 is 0 Å². The third-order valence-corrected chi connectivity index (χ3v) is 2.78. The summed E-state index contributed by atoms with van der Waals surface area (Å²) in [6, 6.07) is 7.43. The lowest BCUT2D eigenvalue weighted by molar-refractivity contribution is -0.174. The van der Waals surface area contributed by atoms with Gasteiger partial charge in [-0.2, -0.15) is 13.2 Å². The highest BCUT2D eigenvalue weighted by atomic mass is 19.4. The molecule has 106 valence electrons. The van der Waals surface area contributed by atoms with Gasteiger partial charge in [0.25, 0.3) is 0 Å². The number of hydrogen-bond donors (Lipinski definition) is 1. The Morgan fingerprint density at radius 2 is 1.95 bits per heavy atom. The van der Waals surface area contributed by atoms with Gasteiger partial charge in [0, 0.05) is 19.4 Å². The van der Waals surface area contributed by atoms with Crippen molar-refractivity contribution in [2.24, 2.45) is 7.05 Å². The molecule has 0 aliphatic heterocycles. The second-order valence-electron chi connectivity index (χ2n) is 4.21. The van der Waals surface area contributed by atoms with Crippen molar-refractivity contribution in [1.82, 2.24) is 14.9 Å². The first-order chi connectivity index (χ1) is 9.39. The van der Waals surface area contributed by atoms with E-state index in [0.717, 1.165) is 0 Å². The van der Waals surface area contributed by atoms with E-state index in [1.807, 2.05) is 5.32 Å². The maximum Gasteiger partial charge on any atom is 0.471 e. The molecule has 20 heavy (non-hydrogen) atoms. The van der Waals surface area contributed by atoms with Gasteiger partial charge in [-0.3, -0.25) is 4.79 Å². The Hall–Kier alpha value is -2.31. The predicted octanol–water partition coefficient (Wildman–Crippen LogP) is 2.19. The van der Waals surface area contributed by atoms with E-state index in [-0.39, 0.29) is 0 Å². The largest absolute Gasteiger partial charge is 0.471 e. The first-order valence-electron chi connectivity index (χ1n) is 5.79. The van der Waals surface area contributed by atoms with Crippen LogP contribution in [0.15, 0.2) is 42.7 Å². The van der Waals surface area contributed by atoms with Crippen LogP contribution in [0.2, 0.25) is 0 Å². The predicted molar refractivity (Wildman–Crippen MR) is 65.7 cm³/mol. The van der Waals surface area contributed by atoms with E-state index < -0.39 is 18.1 Å². The number of halogens is 3. The molecule has 1 amide bonds. The summed E-state index contributed by atoms with van der Waals surface area (Å²) in [6.07, 6.45) is -1.87. The molecule has 0 saturated heterocycles. The molecule has 1 atom stereocenters. The summed E-state index contributed by atoms with van der Waals surface area (Å²) in [5.41, 5.74) is 0.527. The molecule has 2 aromatic rings. The quantitative estimate of drug-likeness (QED) is 0.938. The normalized spacial score (nSPS) is 13.0. The zero-order valence-corrected chi connectivity index (χ0v) is 10.6.